The number of Topliss-reactive ketones (excluding diaryl/α,β-unsaturated/α-hetero) is 2. The molecular weight excluding hydrogens is 687 g/mol. The Kier molecular flexibility index (Phi) is 10.9. The summed E-state index contributed by atoms with van der Waals surface area (Å²) >= 11 is 11.9. The molecule has 49 heavy (non-hydrogen) atoms. The highest BCUT2D eigenvalue weighted by Gasteiger charge is 2.53. The lowest BCUT2D eigenvalue weighted by atomic mass is 9.75. The number of nitrogens with one attached hydrogen (secondary N) is 2. The van der Waals surface area contributed by atoms with Crippen LogP contribution in [-0.2, 0) is 49.4 Å². The molecule has 2 spiro atoms. The number of aliphatic carboxylic acids is 2. The third-order valence-corrected chi connectivity index (χ3v) is 8.77. The average Bonchev–Trinajstić information content (AvgIpc) is 3.74. The van der Waals surface area contributed by atoms with Gasteiger partial charge in [0.1, 0.15) is 35.8 Å². The van der Waals surface area contributed by atoms with Crippen molar-refractivity contribution in [3.05, 3.63) is 79.8 Å². The summed E-state index contributed by atoms with van der Waals surface area (Å²) in [7, 11) is 0. The number of aliphatic hydroxyl groups excluding tert-OH is 2. The zero-order valence-electron chi connectivity index (χ0n) is 24.9. The van der Waals surface area contributed by atoms with Gasteiger partial charge >= 0.3 is 11.9 Å². The first-order valence-electron chi connectivity index (χ1n) is 14.6. The SMILES string of the molecule is C.O=C(O)CNC(=O)C1=C(O)c2cc(Cl)ccc2[C@@]2(CCCO2)C1=O.O=C(O)CNC(=O)C1=C(O)c2cc(Cl)ccc2[C@]2(CCCO2)C1=O. The first-order valence-corrected chi connectivity index (χ1v) is 15.3. The summed E-state index contributed by atoms with van der Waals surface area (Å²) in [5.74, 6) is -6.84. The maximum atomic E-state index is 12.9. The van der Waals surface area contributed by atoms with Crippen molar-refractivity contribution >= 4 is 70.0 Å². The minimum Gasteiger partial charge on any atom is -0.506 e. The summed E-state index contributed by atoms with van der Waals surface area (Å²) < 4.78 is 11.4. The van der Waals surface area contributed by atoms with Gasteiger partial charge in [-0.1, -0.05) is 42.8 Å². The van der Waals surface area contributed by atoms with Crippen LogP contribution >= 0.6 is 23.2 Å². The molecule has 260 valence electrons. The van der Waals surface area contributed by atoms with Crippen LogP contribution in [0.5, 0.6) is 0 Å². The van der Waals surface area contributed by atoms with Gasteiger partial charge in [0.05, 0.1) is 0 Å². The van der Waals surface area contributed by atoms with Gasteiger partial charge in [0.25, 0.3) is 11.8 Å². The molecule has 2 saturated heterocycles. The van der Waals surface area contributed by atoms with Crippen molar-refractivity contribution in [1.29, 1.82) is 0 Å². The quantitative estimate of drug-likeness (QED) is 0.236. The Morgan fingerprint density at radius 3 is 1.37 bits per heavy atom. The van der Waals surface area contributed by atoms with Gasteiger partial charge in [-0.3, -0.25) is 28.8 Å². The van der Waals surface area contributed by atoms with E-state index in [1.165, 1.54) is 12.1 Å². The number of rotatable bonds is 6. The van der Waals surface area contributed by atoms with Crippen molar-refractivity contribution in [1.82, 2.24) is 10.6 Å². The Bertz CT molecular complexity index is 1690. The van der Waals surface area contributed by atoms with E-state index in [0.29, 0.717) is 60.1 Å². The van der Waals surface area contributed by atoms with Gasteiger partial charge in [0, 0.05) is 45.5 Å². The molecule has 0 aromatic heterocycles. The Morgan fingerprint density at radius 1 is 0.694 bits per heavy atom. The van der Waals surface area contributed by atoms with Crippen LogP contribution in [0.4, 0.5) is 0 Å². The molecule has 6 N–H and O–H groups in total. The second kappa shape index (κ2) is 14.4. The van der Waals surface area contributed by atoms with Gasteiger partial charge in [0.2, 0.25) is 11.6 Å². The fourth-order valence-electron chi connectivity index (χ4n) is 6.23. The molecule has 2 aromatic carbocycles. The largest absolute Gasteiger partial charge is 0.506 e. The van der Waals surface area contributed by atoms with E-state index in [1.807, 2.05) is 0 Å². The minimum absolute atomic E-state index is 0. The van der Waals surface area contributed by atoms with Crippen LogP contribution in [0.15, 0.2) is 47.5 Å². The number of ether oxygens (including phenoxy) is 2. The lowest BCUT2D eigenvalue weighted by Gasteiger charge is -2.34. The number of benzene rings is 2. The molecule has 2 aromatic rings. The molecule has 2 fully saturated rings. The third-order valence-electron chi connectivity index (χ3n) is 8.30. The van der Waals surface area contributed by atoms with Gasteiger partial charge in [0.15, 0.2) is 11.2 Å². The maximum absolute atomic E-state index is 12.9. The average molecular weight is 720 g/mol. The summed E-state index contributed by atoms with van der Waals surface area (Å²) in [4.78, 5) is 71.6. The molecule has 2 aliphatic carbocycles. The lowest BCUT2D eigenvalue weighted by Crippen LogP contribution is -2.45. The topological polar surface area (TPSA) is 226 Å². The normalized spacial score (nSPS) is 22.2. The number of halogens is 2. The molecule has 0 radical (unpaired) electrons. The number of carboxylic acid groups (broad SMARTS) is 2. The molecule has 2 aliphatic heterocycles. The van der Waals surface area contributed by atoms with E-state index < -0.39 is 82.3 Å². The second-order valence-corrected chi connectivity index (χ2v) is 12.1. The zero-order valence-corrected chi connectivity index (χ0v) is 26.4. The summed E-state index contributed by atoms with van der Waals surface area (Å²) in [6.45, 7) is -0.643. The van der Waals surface area contributed by atoms with Crippen LogP contribution in [0.3, 0.4) is 0 Å². The standard InChI is InChI=1S/2C16H14ClNO6.CH4/c2*17-8-2-3-10-9(6-8)13(21)12(15(23)18-7-11(19)20)14(22)16(10)4-1-5-24-16;/h2*2-3,6,21H,1,4-5,7H2,(H,18,23)(H,19,20);1H4/t2*16-;/m10./s1. The summed E-state index contributed by atoms with van der Waals surface area (Å²) in [5, 5.41) is 43.1. The Morgan fingerprint density at radius 2 is 1.06 bits per heavy atom. The van der Waals surface area contributed by atoms with E-state index in [0.717, 1.165) is 0 Å². The van der Waals surface area contributed by atoms with Gasteiger partial charge in [-0.05, 0) is 49.9 Å². The first kappa shape index (κ1) is 37.1. The van der Waals surface area contributed by atoms with Crippen molar-refractivity contribution in [2.45, 2.75) is 44.3 Å². The summed E-state index contributed by atoms with van der Waals surface area (Å²) in [5.41, 5.74) is -2.30. The minimum atomic E-state index is -1.35. The fourth-order valence-corrected chi connectivity index (χ4v) is 6.58. The highest BCUT2D eigenvalue weighted by molar-refractivity contribution is 6.32. The van der Waals surface area contributed by atoms with Gasteiger partial charge in [-0.15, -0.1) is 0 Å². The fraction of sp³-hybridized carbons (Fsp3) is 0.333. The number of amides is 2. The van der Waals surface area contributed by atoms with Crippen molar-refractivity contribution in [2.75, 3.05) is 26.3 Å². The smallest absolute Gasteiger partial charge is 0.322 e. The number of fused-ring (bicyclic) bond motifs is 4. The number of ketones is 2. The molecule has 2 atom stereocenters. The van der Waals surface area contributed by atoms with Crippen molar-refractivity contribution in [2.24, 2.45) is 0 Å². The second-order valence-electron chi connectivity index (χ2n) is 11.2. The molecule has 0 unspecified atom stereocenters. The number of aliphatic hydroxyl groups is 2. The molecule has 14 nitrogen and oxygen atoms in total. The Balaban J connectivity index is 0.000000216. The van der Waals surface area contributed by atoms with Crippen molar-refractivity contribution < 1.29 is 58.7 Å². The number of carbonyl (C=O) groups is 6. The number of carbonyl (C=O) groups excluding carboxylic acids is 4. The summed E-state index contributed by atoms with van der Waals surface area (Å²) in [6.07, 6.45) is 1.98. The molecule has 2 heterocycles. The molecule has 0 bridgehead atoms. The zero-order chi connectivity index (χ0) is 35.0. The van der Waals surface area contributed by atoms with Crippen LogP contribution in [-0.4, -0.2) is 82.0 Å². The van der Waals surface area contributed by atoms with Crippen LogP contribution in [0, 0.1) is 0 Å². The predicted octanol–water partition coefficient (Wildman–Crippen LogP) is 3.43. The molecule has 16 heteroatoms. The molecule has 2 amide bonds. The maximum Gasteiger partial charge on any atom is 0.322 e. The van der Waals surface area contributed by atoms with Crippen LogP contribution in [0.25, 0.3) is 11.5 Å². The van der Waals surface area contributed by atoms with Crippen molar-refractivity contribution in [3.8, 4) is 0 Å². The molecular formula is C33H32Cl2N2O12. The van der Waals surface area contributed by atoms with Gasteiger partial charge in [-0.2, -0.15) is 0 Å². The highest BCUT2D eigenvalue weighted by atomic mass is 35.5. The van der Waals surface area contributed by atoms with E-state index in [2.05, 4.69) is 10.6 Å². The number of carboxylic acids is 2. The molecule has 0 saturated carbocycles. The highest BCUT2D eigenvalue weighted by Crippen LogP contribution is 2.48. The van der Waals surface area contributed by atoms with E-state index >= 15 is 0 Å². The van der Waals surface area contributed by atoms with E-state index in [1.54, 1.807) is 24.3 Å². The van der Waals surface area contributed by atoms with Crippen LogP contribution < -0.4 is 10.6 Å². The first-order chi connectivity index (χ1) is 22.7. The number of hydrogen-bond acceptors (Lipinski definition) is 10. The van der Waals surface area contributed by atoms with E-state index in [4.69, 9.17) is 42.9 Å². The van der Waals surface area contributed by atoms with Gasteiger partial charge in [-0.25, -0.2) is 0 Å². The van der Waals surface area contributed by atoms with Gasteiger partial charge < -0.3 is 40.5 Å². The number of hydrogen-bond donors (Lipinski definition) is 6. The molecule has 6 rings (SSSR count). The lowest BCUT2D eigenvalue weighted by molar-refractivity contribution is -0.140. The van der Waals surface area contributed by atoms with E-state index in [9.17, 15) is 39.0 Å². The van der Waals surface area contributed by atoms with Crippen LogP contribution in [0.2, 0.25) is 10.0 Å². The van der Waals surface area contributed by atoms with Crippen LogP contribution in [0.1, 0.15) is 55.4 Å². The third kappa shape index (κ3) is 6.64. The Hall–Kier alpha value is -4.76. The predicted molar refractivity (Wildman–Crippen MR) is 174 cm³/mol. The van der Waals surface area contributed by atoms with Crippen molar-refractivity contribution in [3.63, 3.8) is 0 Å². The van der Waals surface area contributed by atoms with E-state index in [-0.39, 0.29) is 18.6 Å². The monoisotopic (exact) mass is 718 g/mol. The molecule has 4 aliphatic rings. The summed E-state index contributed by atoms with van der Waals surface area (Å²) in [6, 6.07) is 9.27. The Labute approximate surface area is 289 Å².